The largest absolute Gasteiger partial charge is 0.480 e. The van der Waals surface area contributed by atoms with Gasteiger partial charge in [0.1, 0.15) is 12.6 Å². The zero-order valence-electron chi connectivity index (χ0n) is 10.3. The quantitative estimate of drug-likeness (QED) is 0.674. The number of benzene rings is 1. The predicted molar refractivity (Wildman–Crippen MR) is 70.9 cm³/mol. The number of hydrogen-bond donors (Lipinski definition) is 3. The second-order valence-corrected chi connectivity index (χ2v) is 3.86. The van der Waals surface area contributed by atoms with Crippen LogP contribution < -0.4 is 11.1 Å². The standard InChI is InChI=1S/C13H16N2O4/c1-2-6-19-13(18)15-10-5-3-4-9(7-10)8-11(14)12(16)17/h2-5,7,11H,1,6,8,14H2,(H,15,18)(H,16,17)/t11-/m0/s1. The molecule has 6 nitrogen and oxygen atoms in total. The van der Waals surface area contributed by atoms with Gasteiger partial charge in [-0.15, -0.1) is 0 Å². The first kappa shape index (κ1) is 14.7. The summed E-state index contributed by atoms with van der Waals surface area (Å²) in [6, 6.07) is 5.79. The minimum atomic E-state index is -1.07. The summed E-state index contributed by atoms with van der Waals surface area (Å²) in [7, 11) is 0. The van der Waals surface area contributed by atoms with Gasteiger partial charge in [0.2, 0.25) is 0 Å². The Kier molecular flexibility index (Phi) is 5.56. The van der Waals surface area contributed by atoms with Crippen LogP contribution in [0.3, 0.4) is 0 Å². The van der Waals surface area contributed by atoms with Crippen LogP contribution in [0.1, 0.15) is 5.56 Å². The third kappa shape index (κ3) is 5.22. The summed E-state index contributed by atoms with van der Waals surface area (Å²) in [5, 5.41) is 11.3. The molecule has 0 aliphatic carbocycles. The Morgan fingerprint density at radius 2 is 2.26 bits per heavy atom. The van der Waals surface area contributed by atoms with Gasteiger partial charge in [-0.05, 0) is 24.1 Å². The highest BCUT2D eigenvalue weighted by atomic mass is 16.5. The van der Waals surface area contributed by atoms with Gasteiger partial charge in [-0.2, -0.15) is 0 Å². The Morgan fingerprint density at radius 3 is 2.89 bits per heavy atom. The van der Waals surface area contributed by atoms with Gasteiger partial charge in [0.05, 0.1) is 0 Å². The summed E-state index contributed by atoms with van der Waals surface area (Å²) >= 11 is 0. The first-order chi connectivity index (χ1) is 9.02. The normalized spacial score (nSPS) is 11.4. The maximum Gasteiger partial charge on any atom is 0.411 e. The number of carboxylic acid groups (broad SMARTS) is 1. The number of nitrogens with two attached hydrogens (primary N) is 1. The maximum absolute atomic E-state index is 11.3. The molecular formula is C13H16N2O4. The van der Waals surface area contributed by atoms with Crippen LogP contribution in [0.5, 0.6) is 0 Å². The number of hydrogen-bond acceptors (Lipinski definition) is 4. The van der Waals surface area contributed by atoms with E-state index in [9.17, 15) is 9.59 Å². The molecule has 0 radical (unpaired) electrons. The number of carbonyl (C=O) groups is 2. The summed E-state index contributed by atoms with van der Waals surface area (Å²) in [5.41, 5.74) is 6.68. The van der Waals surface area contributed by atoms with Crippen molar-refractivity contribution in [1.29, 1.82) is 0 Å². The van der Waals surface area contributed by atoms with Gasteiger partial charge >= 0.3 is 12.1 Å². The lowest BCUT2D eigenvalue weighted by atomic mass is 10.1. The number of anilines is 1. The number of nitrogens with one attached hydrogen (secondary N) is 1. The molecule has 1 amide bonds. The topological polar surface area (TPSA) is 102 Å². The molecule has 0 saturated carbocycles. The van der Waals surface area contributed by atoms with Crippen molar-refractivity contribution in [3.63, 3.8) is 0 Å². The number of rotatable bonds is 6. The lowest BCUT2D eigenvalue weighted by Crippen LogP contribution is -2.32. The Balaban J connectivity index is 2.64. The third-order valence-corrected chi connectivity index (χ3v) is 2.28. The second kappa shape index (κ2) is 7.17. The van der Waals surface area contributed by atoms with E-state index in [1.165, 1.54) is 6.08 Å². The van der Waals surface area contributed by atoms with E-state index < -0.39 is 18.1 Å². The number of ether oxygens (including phenoxy) is 1. The third-order valence-electron chi connectivity index (χ3n) is 2.28. The van der Waals surface area contributed by atoms with Crippen molar-refractivity contribution in [3.05, 3.63) is 42.5 Å². The van der Waals surface area contributed by atoms with Crippen molar-refractivity contribution in [2.75, 3.05) is 11.9 Å². The monoisotopic (exact) mass is 264 g/mol. The van der Waals surface area contributed by atoms with Crippen LogP contribution in [-0.2, 0) is 16.0 Å². The van der Waals surface area contributed by atoms with Gasteiger partial charge in [-0.1, -0.05) is 24.8 Å². The van der Waals surface area contributed by atoms with Crippen LogP contribution in [0.15, 0.2) is 36.9 Å². The molecule has 0 aliphatic heterocycles. The number of aliphatic carboxylic acids is 1. The van der Waals surface area contributed by atoms with Crippen molar-refractivity contribution in [2.45, 2.75) is 12.5 Å². The second-order valence-electron chi connectivity index (χ2n) is 3.86. The number of amides is 1. The SMILES string of the molecule is C=CCOC(=O)Nc1cccc(C[C@H](N)C(=O)O)c1. The molecular weight excluding hydrogens is 248 g/mol. The number of carboxylic acids is 1. The zero-order valence-corrected chi connectivity index (χ0v) is 10.3. The molecule has 0 spiro atoms. The van der Waals surface area contributed by atoms with E-state index >= 15 is 0 Å². The molecule has 102 valence electrons. The molecule has 0 unspecified atom stereocenters. The van der Waals surface area contributed by atoms with Crippen LogP contribution in [0.2, 0.25) is 0 Å². The first-order valence-corrected chi connectivity index (χ1v) is 5.65. The lowest BCUT2D eigenvalue weighted by Gasteiger charge is -2.09. The average Bonchev–Trinajstić information content (AvgIpc) is 2.36. The van der Waals surface area contributed by atoms with E-state index in [1.807, 2.05) is 0 Å². The fourth-order valence-electron chi connectivity index (χ4n) is 1.41. The summed E-state index contributed by atoms with van der Waals surface area (Å²) in [6.07, 6.45) is 1.05. The molecule has 1 atom stereocenters. The molecule has 1 rings (SSSR count). The minimum absolute atomic E-state index is 0.120. The van der Waals surface area contributed by atoms with Crippen LogP contribution in [0.4, 0.5) is 10.5 Å². The molecule has 0 aliphatic rings. The summed E-state index contributed by atoms with van der Waals surface area (Å²) in [5.74, 6) is -1.07. The van der Waals surface area contributed by atoms with Crippen LogP contribution in [-0.4, -0.2) is 29.8 Å². The average molecular weight is 264 g/mol. The molecule has 0 heterocycles. The highest BCUT2D eigenvalue weighted by Crippen LogP contribution is 2.12. The Labute approximate surface area is 110 Å². The van der Waals surface area contributed by atoms with Crippen LogP contribution >= 0.6 is 0 Å². The first-order valence-electron chi connectivity index (χ1n) is 5.65. The van der Waals surface area contributed by atoms with Gasteiger partial charge in [0, 0.05) is 5.69 Å². The van der Waals surface area contributed by atoms with E-state index in [-0.39, 0.29) is 13.0 Å². The Morgan fingerprint density at radius 1 is 1.53 bits per heavy atom. The van der Waals surface area contributed by atoms with Gasteiger partial charge in [-0.25, -0.2) is 4.79 Å². The molecule has 1 aromatic rings. The molecule has 6 heteroatoms. The number of carbonyl (C=O) groups excluding carboxylic acids is 1. The summed E-state index contributed by atoms with van der Waals surface area (Å²) in [4.78, 5) is 22.0. The van der Waals surface area contributed by atoms with Crippen molar-refractivity contribution < 1.29 is 19.4 Å². The van der Waals surface area contributed by atoms with Crippen molar-refractivity contribution in [2.24, 2.45) is 5.73 Å². The highest BCUT2D eigenvalue weighted by molar-refractivity contribution is 5.84. The smallest absolute Gasteiger partial charge is 0.411 e. The van der Waals surface area contributed by atoms with E-state index in [1.54, 1.807) is 24.3 Å². The Hall–Kier alpha value is -2.34. The zero-order chi connectivity index (χ0) is 14.3. The van der Waals surface area contributed by atoms with Crippen LogP contribution in [0, 0.1) is 0 Å². The highest BCUT2D eigenvalue weighted by Gasteiger charge is 2.12. The van der Waals surface area contributed by atoms with E-state index in [2.05, 4.69) is 11.9 Å². The Bertz CT molecular complexity index is 473. The maximum atomic E-state index is 11.3. The van der Waals surface area contributed by atoms with E-state index in [0.717, 1.165) is 5.56 Å². The van der Waals surface area contributed by atoms with E-state index in [4.69, 9.17) is 15.6 Å². The van der Waals surface area contributed by atoms with Crippen molar-refractivity contribution >= 4 is 17.7 Å². The molecule has 0 bridgehead atoms. The molecule has 0 saturated heterocycles. The summed E-state index contributed by atoms with van der Waals surface area (Å²) < 4.78 is 4.77. The lowest BCUT2D eigenvalue weighted by molar-refractivity contribution is -0.138. The van der Waals surface area contributed by atoms with Crippen molar-refractivity contribution in [3.8, 4) is 0 Å². The van der Waals surface area contributed by atoms with Crippen LogP contribution in [0.25, 0.3) is 0 Å². The predicted octanol–water partition coefficient (Wildman–Crippen LogP) is 1.38. The fraction of sp³-hybridized carbons (Fsp3) is 0.231. The van der Waals surface area contributed by atoms with Gasteiger partial charge in [-0.3, -0.25) is 10.1 Å². The molecule has 1 aromatic carbocycles. The van der Waals surface area contributed by atoms with Crippen molar-refractivity contribution in [1.82, 2.24) is 0 Å². The van der Waals surface area contributed by atoms with Gasteiger partial charge in [0.15, 0.2) is 0 Å². The fourth-order valence-corrected chi connectivity index (χ4v) is 1.41. The minimum Gasteiger partial charge on any atom is -0.480 e. The molecule has 4 N–H and O–H groups in total. The molecule has 0 fully saturated rings. The van der Waals surface area contributed by atoms with Gasteiger partial charge < -0.3 is 15.6 Å². The summed E-state index contributed by atoms with van der Waals surface area (Å²) in [6.45, 7) is 3.55. The van der Waals surface area contributed by atoms with E-state index in [0.29, 0.717) is 5.69 Å². The molecule has 0 aromatic heterocycles. The van der Waals surface area contributed by atoms with Gasteiger partial charge in [0.25, 0.3) is 0 Å². The molecule has 19 heavy (non-hydrogen) atoms.